The number of pyridine rings is 1. The number of hydrogen-bond donors (Lipinski definition) is 1. The van der Waals surface area contributed by atoms with Crippen molar-refractivity contribution in [2.75, 3.05) is 5.32 Å². The monoisotopic (exact) mass is 330 g/mol. The molecule has 1 N–H and O–H groups in total. The molecule has 0 atom stereocenters. The molecule has 0 unspecified atom stereocenters. The number of aromatic nitrogens is 1. The van der Waals surface area contributed by atoms with Gasteiger partial charge in [0, 0.05) is 27.3 Å². The molecule has 2 rings (SSSR count). The van der Waals surface area contributed by atoms with Crippen LogP contribution in [0.25, 0.3) is 0 Å². The van der Waals surface area contributed by atoms with Crippen molar-refractivity contribution in [3.63, 3.8) is 0 Å². The Morgan fingerprint density at radius 2 is 2.00 bits per heavy atom. The Bertz CT molecular complexity index is 532. The standard InChI is InChI=1S/C12H9BrCl2N2/c13-9-3-11(7-16-6-9)17-5-8-1-2-10(14)4-12(8)15/h1-4,6-7,17H,5H2. The lowest BCUT2D eigenvalue weighted by atomic mass is 10.2. The Morgan fingerprint density at radius 1 is 1.18 bits per heavy atom. The number of nitrogens with zero attached hydrogens (tertiary/aromatic N) is 1. The van der Waals surface area contributed by atoms with Crippen molar-refractivity contribution in [3.05, 3.63) is 56.7 Å². The average molecular weight is 332 g/mol. The Hall–Kier alpha value is -0.770. The SMILES string of the molecule is Clc1ccc(CNc2cncc(Br)c2)c(Cl)c1. The van der Waals surface area contributed by atoms with Gasteiger partial charge >= 0.3 is 0 Å². The maximum atomic E-state index is 6.08. The molecule has 5 heteroatoms. The number of halogens is 3. The van der Waals surface area contributed by atoms with Crippen molar-refractivity contribution in [3.8, 4) is 0 Å². The van der Waals surface area contributed by atoms with Gasteiger partial charge in [0.15, 0.2) is 0 Å². The zero-order valence-electron chi connectivity index (χ0n) is 8.75. The summed E-state index contributed by atoms with van der Waals surface area (Å²) < 4.78 is 0.935. The third-order valence-corrected chi connectivity index (χ3v) is 3.22. The second kappa shape index (κ2) is 5.71. The highest BCUT2D eigenvalue weighted by Crippen LogP contribution is 2.22. The highest BCUT2D eigenvalue weighted by Gasteiger charge is 2.01. The summed E-state index contributed by atoms with van der Waals surface area (Å²) in [5.74, 6) is 0. The first kappa shape index (κ1) is 12.7. The summed E-state index contributed by atoms with van der Waals surface area (Å²) in [6.07, 6.45) is 3.50. The van der Waals surface area contributed by atoms with Crippen LogP contribution in [0.5, 0.6) is 0 Å². The minimum atomic E-state index is 0.633. The van der Waals surface area contributed by atoms with Gasteiger partial charge < -0.3 is 5.32 Å². The second-order valence-corrected chi connectivity index (χ2v) is 5.24. The lowest BCUT2D eigenvalue weighted by molar-refractivity contribution is 1.13. The minimum absolute atomic E-state index is 0.633. The summed E-state index contributed by atoms with van der Waals surface area (Å²) in [6, 6.07) is 7.42. The molecular weight excluding hydrogens is 323 g/mol. The lowest BCUT2D eigenvalue weighted by Gasteiger charge is -2.08. The fourth-order valence-corrected chi connectivity index (χ4v) is 2.21. The van der Waals surface area contributed by atoms with Crippen molar-refractivity contribution in [2.45, 2.75) is 6.54 Å². The van der Waals surface area contributed by atoms with E-state index in [1.165, 1.54) is 0 Å². The zero-order chi connectivity index (χ0) is 12.3. The molecule has 0 fully saturated rings. The van der Waals surface area contributed by atoms with Crippen LogP contribution in [0.15, 0.2) is 41.1 Å². The number of benzene rings is 1. The Kier molecular flexibility index (Phi) is 4.26. The molecule has 0 aliphatic rings. The molecule has 0 spiro atoms. The second-order valence-electron chi connectivity index (χ2n) is 3.48. The Balaban J connectivity index is 2.07. The smallest absolute Gasteiger partial charge is 0.0540 e. The molecule has 0 saturated carbocycles. The van der Waals surface area contributed by atoms with Gasteiger partial charge in [-0.25, -0.2) is 0 Å². The third-order valence-electron chi connectivity index (χ3n) is 2.20. The molecule has 1 heterocycles. The first-order chi connectivity index (χ1) is 8.15. The van der Waals surface area contributed by atoms with Gasteiger partial charge in [-0.2, -0.15) is 0 Å². The van der Waals surface area contributed by atoms with Crippen molar-refractivity contribution >= 4 is 44.8 Å². The average Bonchev–Trinajstić information content (AvgIpc) is 2.28. The van der Waals surface area contributed by atoms with Crippen LogP contribution < -0.4 is 5.32 Å². The van der Waals surface area contributed by atoms with Crippen molar-refractivity contribution in [1.29, 1.82) is 0 Å². The van der Waals surface area contributed by atoms with Crippen molar-refractivity contribution in [1.82, 2.24) is 4.98 Å². The fraction of sp³-hybridized carbons (Fsp3) is 0.0833. The molecule has 1 aromatic heterocycles. The van der Waals surface area contributed by atoms with Crippen molar-refractivity contribution < 1.29 is 0 Å². The van der Waals surface area contributed by atoms with E-state index in [0.717, 1.165) is 15.7 Å². The number of rotatable bonds is 3. The van der Waals surface area contributed by atoms with Gasteiger partial charge in [-0.1, -0.05) is 29.3 Å². The highest BCUT2D eigenvalue weighted by atomic mass is 79.9. The van der Waals surface area contributed by atoms with Gasteiger partial charge in [0.2, 0.25) is 0 Å². The molecule has 17 heavy (non-hydrogen) atoms. The summed E-state index contributed by atoms with van der Waals surface area (Å²) in [7, 11) is 0. The van der Waals surface area contributed by atoms with Crippen LogP contribution in [0.1, 0.15) is 5.56 Å². The molecule has 0 amide bonds. The van der Waals surface area contributed by atoms with E-state index < -0.39 is 0 Å². The first-order valence-electron chi connectivity index (χ1n) is 4.93. The van der Waals surface area contributed by atoms with E-state index in [9.17, 15) is 0 Å². The van der Waals surface area contributed by atoms with E-state index in [1.54, 1.807) is 18.5 Å². The van der Waals surface area contributed by atoms with Crippen molar-refractivity contribution in [2.24, 2.45) is 0 Å². The van der Waals surface area contributed by atoms with Gasteiger partial charge in [0.1, 0.15) is 0 Å². The van der Waals surface area contributed by atoms with Crippen LogP contribution in [0, 0.1) is 0 Å². The van der Waals surface area contributed by atoms with Gasteiger partial charge in [0.25, 0.3) is 0 Å². The van der Waals surface area contributed by atoms with Crippen LogP contribution in [-0.2, 0) is 6.54 Å². The van der Waals surface area contributed by atoms with Crippen LogP contribution >= 0.6 is 39.1 Å². The number of hydrogen-bond acceptors (Lipinski definition) is 2. The van der Waals surface area contributed by atoms with Crippen LogP contribution in [0.3, 0.4) is 0 Å². The summed E-state index contributed by atoms with van der Waals surface area (Å²) in [6.45, 7) is 0.633. The van der Waals surface area contributed by atoms with Gasteiger partial charge in [-0.3, -0.25) is 4.98 Å². The molecule has 2 nitrogen and oxygen atoms in total. The molecule has 1 aromatic carbocycles. The van der Waals surface area contributed by atoms with E-state index >= 15 is 0 Å². The van der Waals surface area contributed by atoms with E-state index in [-0.39, 0.29) is 0 Å². The molecule has 2 aromatic rings. The summed E-state index contributed by atoms with van der Waals surface area (Å²) in [4.78, 5) is 4.07. The maximum absolute atomic E-state index is 6.08. The molecule has 0 aliphatic carbocycles. The molecular formula is C12H9BrCl2N2. The van der Waals surface area contributed by atoms with Crippen LogP contribution in [-0.4, -0.2) is 4.98 Å². The van der Waals surface area contributed by atoms with E-state index in [4.69, 9.17) is 23.2 Å². The Labute approximate surface area is 118 Å². The fourth-order valence-electron chi connectivity index (χ4n) is 1.37. The summed E-state index contributed by atoms with van der Waals surface area (Å²) >= 11 is 15.3. The number of anilines is 1. The molecule has 0 radical (unpaired) electrons. The molecule has 0 bridgehead atoms. The first-order valence-corrected chi connectivity index (χ1v) is 6.48. The maximum Gasteiger partial charge on any atom is 0.0540 e. The topological polar surface area (TPSA) is 24.9 Å². The summed E-state index contributed by atoms with van der Waals surface area (Å²) in [5, 5.41) is 4.54. The third kappa shape index (κ3) is 3.60. The largest absolute Gasteiger partial charge is 0.380 e. The predicted molar refractivity (Wildman–Crippen MR) is 75.7 cm³/mol. The molecule has 0 saturated heterocycles. The highest BCUT2D eigenvalue weighted by molar-refractivity contribution is 9.10. The van der Waals surface area contributed by atoms with Gasteiger partial charge in [-0.05, 0) is 39.7 Å². The minimum Gasteiger partial charge on any atom is -0.380 e. The van der Waals surface area contributed by atoms with Crippen LogP contribution in [0.4, 0.5) is 5.69 Å². The van der Waals surface area contributed by atoms with E-state index in [1.807, 2.05) is 18.2 Å². The summed E-state index contributed by atoms with van der Waals surface area (Å²) in [5.41, 5.74) is 1.93. The van der Waals surface area contributed by atoms with E-state index in [2.05, 4.69) is 26.2 Å². The van der Waals surface area contributed by atoms with Gasteiger partial charge in [0.05, 0.1) is 11.9 Å². The zero-order valence-corrected chi connectivity index (χ0v) is 11.9. The molecule has 88 valence electrons. The van der Waals surface area contributed by atoms with Crippen LogP contribution in [0.2, 0.25) is 10.0 Å². The lowest BCUT2D eigenvalue weighted by Crippen LogP contribution is -2.00. The Morgan fingerprint density at radius 3 is 2.71 bits per heavy atom. The van der Waals surface area contributed by atoms with Gasteiger partial charge in [-0.15, -0.1) is 0 Å². The number of nitrogens with one attached hydrogen (secondary N) is 1. The molecule has 0 aliphatic heterocycles. The quantitative estimate of drug-likeness (QED) is 0.876. The normalized spacial score (nSPS) is 10.3. The van der Waals surface area contributed by atoms with E-state index in [0.29, 0.717) is 16.6 Å². The predicted octanol–water partition coefficient (Wildman–Crippen LogP) is 4.76.